The number of hydrogen-bond acceptors (Lipinski definition) is 2. The molecule has 1 amide bonds. The lowest BCUT2D eigenvalue weighted by Crippen LogP contribution is -2.57. The van der Waals surface area contributed by atoms with Gasteiger partial charge in [0.15, 0.2) is 0 Å². The van der Waals surface area contributed by atoms with Crippen molar-refractivity contribution in [3.63, 3.8) is 0 Å². The first-order valence-electron chi connectivity index (χ1n) is 5.16. The van der Waals surface area contributed by atoms with Crippen molar-refractivity contribution in [1.29, 1.82) is 0 Å². The fraction of sp³-hybridized carbons (Fsp3) is 0.727. The molecular formula is C11H18N2O. The molecule has 1 rings (SSSR count). The highest BCUT2D eigenvalue weighted by atomic mass is 16.2. The van der Waals surface area contributed by atoms with Crippen LogP contribution in [0.2, 0.25) is 0 Å². The number of hydrogen-bond donors (Lipinski definition) is 2. The van der Waals surface area contributed by atoms with Crippen LogP contribution in [0.4, 0.5) is 0 Å². The Morgan fingerprint density at radius 1 is 1.43 bits per heavy atom. The van der Waals surface area contributed by atoms with E-state index in [-0.39, 0.29) is 5.91 Å². The monoisotopic (exact) mass is 194 g/mol. The first-order valence-corrected chi connectivity index (χ1v) is 5.16. The van der Waals surface area contributed by atoms with Crippen LogP contribution in [-0.4, -0.2) is 25.0 Å². The third-order valence-electron chi connectivity index (χ3n) is 2.90. The van der Waals surface area contributed by atoms with Gasteiger partial charge in [-0.2, -0.15) is 0 Å². The number of carbonyl (C=O) groups is 1. The van der Waals surface area contributed by atoms with Gasteiger partial charge in [-0.1, -0.05) is 25.2 Å². The molecule has 0 bridgehead atoms. The molecule has 1 aliphatic rings. The molecule has 14 heavy (non-hydrogen) atoms. The van der Waals surface area contributed by atoms with E-state index in [9.17, 15) is 4.79 Å². The van der Waals surface area contributed by atoms with Crippen molar-refractivity contribution >= 4 is 5.91 Å². The van der Waals surface area contributed by atoms with Crippen LogP contribution in [0.25, 0.3) is 0 Å². The third-order valence-corrected chi connectivity index (χ3v) is 2.90. The van der Waals surface area contributed by atoms with Gasteiger partial charge >= 0.3 is 0 Å². The molecule has 0 atom stereocenters. The van der Waals surface area contributed by atoms with E-state index in [1.807, 2.05) is 0 Å². The lowest BCUT2D eigenvalue weighted by Gasteiger charge is -2.35. The van der Waals surface area contributed by atoms with Crippen molar-refractivity contribution in [3.8, 4) is 12.3 Å². The first kappa shape index (κ1) is 11.1. The Balaban J connectivity index is 2.67. The highest BCUT2D eigenvalue weighted by molar-refractivity contribution is 5.86. The normalized spacial score (nSPS) is 19.7. The number of terminal acetylenes is 1. The summed E-state index contributed by atoms with van der Waals surface area (Å²) in [5.74, 6) is 2.60. The zero-order valence-corrected chi connectivity index (χ0v) is 8.73. The van der Waals surface area contributed by atoms with Gasteiger partial charge in [0, 0.05) is 7.05 Å². The van der Waals surface area contributed by atoms with Crippen molar-refractivity contribution in [3.05, 3.63) is 0 Å². The van der Waals surface area contributed by atoms with Gasteiger partial charge in [0.25, 0.3) is 0 Å². The van der Waals surface area contributed by atoms with E-state index < -0.39 is 5.54 Å². The molecule has 1 fully saturated rings. The van der Waals surface area contributed by atoms with Gasteiger partial charge in [0.2, 0.25) is 5.91 Å². The second-order valence-electron chi connectivity index (χ2n) is 3.78. The van der Waals surface area contributed by atoms with Crippen LogP contribution in [0.1, 0.15) is 32.1 Å². The van der Waals surface area contributed by atoms with Crippen molar-refractivity contribution in [2.45, 2.75) is 37.6 Å². The Hall–Kier alpha value is -1.01. The molecule has 1 aliphatic carbocycles. The van der Waals surface area contributed by atoms with Crippen molar-refractivity contribution < 1.29 is 4.79 Å². The topological polar surface area (TPSA) is 41.1 Å². The van der Waals surface area contributed by atoms with E-state index in [2.05, 4.69) is 16.6 Å². The largest absolute Gasteiger partial charge is 0.358 e. The van der Waals surface area contributed by atoms with Gasteiger partial charge in [0.05, 0.1) is 12.1 Å². The van der Waals surface area contributed by atoms with Gasteiger partial charge in [-0.3, -0.25) is 10.1 Å². The van der Waals surface area contributed by atoms with Crippen molar-refractivity contribution in [2.24, 2.45) is 0 Å². The fourth-order valence-electron chi connectivity index (χ4n) is 2.10. The molecule has 0 radical (unpaired) electrons. The Morgan fingerprint density at radius 3 is 2.57 bits per heavy atom. The predicted octanol–water partition coefficient (Wildman–Crippen LogP) is 0.658. The molecule has 0 saturated heterocycles. The summed E-state index contributed by atoms with van der Waals surface area (Å²) in [5.41, 5.74) is -0.403. The Bertz CT molecular complexity index is 236. The number of carbonyl (C=O) groups excluding carboxylic acids is 1. The van der Waals surface area contributed by atoms with E-state index in [1.54, 1.807) is 7.05 Å². The molecular weight excluding hydrogens is 176 g/mol. The summed E-state index contributed by atoms with van der Waals surface area (Å²) in [6.45, 7) is 0.466. The zero-order valence-electron chi connectivity index (χ0n) is 8.73. The smallest absolute Gasteiger partial charge is 0.240 e. The number of likely N-dealkylation sites (N-methyl/N-ethyl adjacent to an activating group) is 1. The van der Waals surface area contributed by atoms with E-state index in [0.717, 1.165) is 25.7 Å². The van der Waals surface area contributed by atoms with Crippen LogP contribution in [0.3, 0.4) is 0 Å². The lowest BCUT2D eigenvalue weighted by atomic mass is 9.81. The van der Waals surface area contributed by atoms with E-state index in [4.69, 9.17) is 6.42 Å². The van der Waals surface area contributed by atoms with E-state index in [0.29, 0.717) is 6.54 Å². The Kier molecular flexibility index (Phi) is 3.97. The summed E-state index contributed by atoms with van der Waals surface area (Å²) in [6.07, 6.45) is 10.4. The molecule has 0 spiro atoms. The maximum absolute atomic E-state index is 11.8. The first-order chi connectivity index (χ1) is 6.75. The SMILES string of the molecule is C#CCNC1(C(=O)NC)CCCCC1. The molecule has 3 nitrogen and oxygen atoms in total. The second-order valence-corrected chi connectivity index (χ2v) is 3.78. The summed E-state index contributed by atoms with van der Waals surface area (Å²) >= 11 is 0. The highest BCUT2D eigenvalue weighted by Crippen LogP contribution is 2.28. The van der Waals surface area contributed by atoms with Gasteiger partial charge < -0.3 is 5.32 Å². The van der Waals surface area contributed by atoms with E-state index in [1.165, 1.54) is 6.42 Å². The van der Waals surface area contributed by atoms with Crippen LogP contribution in [-0.2, 0) is 4.79 Å². The number of nitrogens with one attached hydrogen (secondary N) is 2. The van der Waals surface area contributed by atoms with Crippen molar-refractivity contribution in [2.75, 3.05) is 13.6 Å². The number of rotatable bonds is 3. The average molecular weight is 194 g/mol. The average Bonchev–Trinajstić information content (AvgIpc) is 2.26. The maximum Gasteiger partial charge on any atom is 0.240 e. The summed E-state index contributed by atoms with van der Waals surface area (Å²) in [6, 6.07) is 0. The molecule has 0 heterocycles. The third kappa shape index (κ3) is 2.27. The molecule has 0 aromatic rings. The Morgan fingerprint density at radius 2 is 2.07 bits per heavy atom. The number of amides is 1. The molecule has 0 unspecified atom stereocenters. The summed E-state index contributed by atoms with van der Waals surface area (Å²) in [5, 5.41) is 5.90. The highest BCUT2D eigenvalue weighted by Gasteiger charge is 2.37. The maximum atomic E-state index is 11.8. The summed E-state index contributed by atoms with van der Waals surface area (Å²) < 4.78 is 0. The molecule has 0 aromatic carbocycles. The van der Waals surface area contributed by atoms with Crippen LogP contribution >= 0.6 is 0 Å². The predicted molar refractivity (Wildman–Crippen MR) is 56.7 cm³/mol. The lowest BCUT2D eigenvalue weighted by molar-refractivity contribution is -0.128. The van der Waals surface area contributed by atoms with Crippen LogP contribution in [0.5, 0.6) is 0 Å². The summed E-state index contributed by atoms with van der Waals surface area (Å²) in [4.78, 5) is 11.8. The van der Waals surface area contributed by atoms with E-state index >= 15 is 0 Å². The van der Waals surface area contributed by atoms with Crippen LogP contribution < -0.4 is 10.6 Å². The quantitative estimate of drug-likeness (QED) is 0.648. The fourth-order valence-corrected chi connectivity index (χ4v) is 2.10. The molecule has 3 heteroatoms. The minimum absolute atomic E-state index is 0.0763. The molecule has 0 aliphatic heterocycles. The van der Waals surface area contributed by atoms with Gasteiger partial charge in [-0.15, -0.1) is 6.42 Å². The van der Waals surface area contributed by atoms with Crippen LogP contribution in [0, 0.1) is 12.3 Å². The zero-order chi connectivity index (χ0) is 10.4. The van der Waals surface area contributed by atoms with Gasteiger partial charge in [-0.05, 0) is 12.8 Å². The molecule has 0 aromatic heterocycles. The van der Waals surface area contributed by atoms with Gasteiger partial charge in [0.1, 0.15) is 0 Å². The second kappa shape index (κ2) is 5.02. The van der Waals surface area contributed by atoms with Crippen LogP contribution in [0.15, 0.2) is 0 Å². The molecule has 1 saturated carbocycles. The molecule has 78 valence electrons. The Labute approximate surface area is 85.6 Å². The summed E-state index contributed by atoms with van der Waals surface area (Å²) in [7, 11) is 1.68. The minimum atomic E-state index is -0.403. The molecule has 2 N–H and O–H groups in total. The van der Waals surface area contributed by atoms with Gasteiger partial charge in [-0.25, -0.2) is 0 Å². The minimum Gasteiger partial charge on any atom is -0.358 e. The standard InChI is InChI=1S/C11H18N2O/c1-3-9-13-11(10(14)12-2)7-5-4-6-8-11/h1,13H,4-9H2,2H3,(H,12,14). The van der Waals surface area contributed by atoms with Crippen molar-refractivity contribution in [1.82, 2.24) is 10.6 Å².